The highest BCUT2D eigenvalue weighted by molar-refractivity contribution is 6.35. The highest BCUT2D eigenvalue weighted by atomic mass is 35.5. The largest absolute Gasteiger partial charge is 0.480 e. The van der Waals surface area contributed by atoms with Crippen molar-refractivity contribution < 1.29 is 14.7 Å². The monoisotopic (exact) mass is 344 g/mol. The Morgan fingerprint density at radius 1 is 1.41 bits per heavy atom. The molecule has 0 bridgehead atoms. The van der Waals surface area contributed by atoms with Crippen LogP contribution < -0.4 is 5.32 Å². The standard InChI is InChI=1S/C15H18Cl2N2O3/c1-15(14(21)22)6-2-7-19(15)8-5-13(20)18-12-9-10(16)3-4-11(12)17/h3-4,9H,2,5-8H2,1H3,(H,18,20)(H,21,22). The Kier molecular flexibility index (Phi) is 5.32. The Balaban J connectivity index is 1.93. The molecule has 7 heteroatoms. The van der Waals surface area contributed by atoms with E-state index < -0.39 is 11.5 Å². The summed E-state index contributed by atoms with van der Waals surface area (Å²) < 4.78 is 0. The Hall–Kier alpha value is -1.30. The molecule has 1 aromatic carbocycles. The summed E-state index contributed by atoms with van der Waals surface area (Å²) in [5, 5.41) is 12.9. The van der Waals surface area contributed by atoms with Gasteiger partial charge in [0.25, 0.3) is 0 Å². The van der Waals surface area contributed by atoms with Crippen molar-refractivity contribution >= 4 is 40.8 Å². The molecule has 1 aromatic rings. The number of likely N-dealkylation sites (tertiary alicyclic amines) is 1. The molecule has 2 rings (SSSR count). The van der Waals surface area contributed by atoms with Gasteiger partial charge in [-0.15, -0.1) is 0 Å². The van der Waals surface area contributed by atoms with Gasteiger partial charge in [0.1, 0.15) is 5.54 Å². The van der Waals surface area contributed by atoms with Crippen LogP contribution in [0.15, 0.2) is 18.2 Å². The van der Waals surface area contributed by atoms with Gasteiger partial charge in [-0.05, 0) is 44.5 Å². The summed E-state index contributed by atoms with van der Waals surface area (Å²) in [5.74, 6) is -1.06. The number of hydrogen-bond acceptors (Lipinski definition) is 3. The average molecular weight is 345 g/mol. The minimum Gasteiger partial charge on any atom is -0.480 e. The van der Waals surface area contributed by atoms with E-state index in [1.165, 1.54) is 0 Å². The third-order valence-electron chi connectivity index (χ3n) is 4.06. The fraction of sp³-hybridized carbons (Fsp3) is 0.467. The molecule has 5 nitrogen and oxygen atoms in total. The molecule has 0 saturated carbocycles. The number of carbonyl (C=O) groups is 2. The smallest absolute Gasteiger partial charge is 0.323 e. The normalized spacial score (nSPS) is 21.8. The first-order valence-corrected chi connectivity index (χ1v) is 7.82. The molecule has 0 spiro atoms. The van der Waals surface area contributed by atoms with Crippen LogP contribution in [-0.4, -0.2) is 40.5 Å². The fourth-order valence-electron chi connectivity index (χ4n) is 2.66. The van der Waals surface area contributed by atoms with Crippen molar-refractivity contribution in [2.75, 3.05) is 18.4 Å². The van der Waals surface area contributed by atoms with Gasteiger partial charge in [0.2, 0.25) is 5.91 Å². The van der Waals surface area contributed by atoms with E-state index in [9.17, 15) is 14.7 Å². The van der Waals surface area contributed by atoms with Gasteiger partial charge in [-0.1, -0.05) is 23.2 Å². The lowest BCUT2D eigenvalue weighted by molar-refractivity contribution is -0.148. The van der Waals surface area contributed by atoms with E-state index >= 15 is 0 Å². The third kappa shape index (κ3) is 3.72. The maximum atomic E-state index is 12.0. The number of aliphatic carboxylic acids is 1. The van der Waals surface area contributed by atoms with Gasteiger partial charge < -0.3 is 10.4 Å². The number of rotatable bonds is 5. The number of carboxylic acid groups (broad SMARTS) is 1. The van der Waals surface area contributed by atoms with E-state index in [4.69, 9.17) is 23.2 Å². The maximum absolute atomic E-state index is 12.0. The fourth-order valence-corrected chi connectivity index (χ4v) is 3.00. The summed E-state index contributed by atoms with van der Waals surface area (Å²) in [6, 6.07) is 4.84. The molecule has 1 aliphatic heterocycles. The highest BCUT2D eigenvalue weighted by Crippen LogP contribution is 2.29. The Morgan fingerprint density at radius 3 is 2.82 bits per heavy atom. The second kappa shape index (κ2) is 6.86. The summed E-state index contributed by atoms with van der Waals surface area (Å²) in [7, 11) is 0. The highest BCUT2D eigenvalue weighted by Gasteiger charge is 2.43. The summed E-state index contributed by atoms with van der Waals surface area (Å²) in [5.41, 5.74) is -0.421. The van der Waals surface area contributed by atoms with E-state index in [1.807, 2.05) is 4.90 Å². The molecule has 22 heavy (non-hydrogen) atoms. The predicted octanol–water partition coefficient (Wildman–Crippen LogP) is 3.26. The lowest BCUT2D eigenvalue weighted by Gasteiger charge is -2.30. The minimum absolute atomic E-state index is 0.200. The Bertz CT molecular complexity index is 594. The first kappa shape index (κ1) is 17.1. The van der Waals surface area contributed by atoms with Gasteiger partial charge in [0.05, 0.1) is 10.7 Å². The third-order valence-corrected chi connectivity index (χ3v) is 4.63. The predicted molar refractivity (Wildman–Crippen MR) is 86.6 cm³/mol. The number of amides is 1. The number of nitrogens with zero attached hydrogens (tertiary/aromatic N) is 1. The molecule has 1 amide bonds. The SMILES string of the molecule is CC1(C(=O)O)CCCN1CCC(=O)Nc1cc(Cl)ccc1Cl. The molecule has 1 saturated heterocycles. The van der Waals surface area contributed by atoms with Gasteiger partial charge in [0.15, 0.2) is 0 Å². The average Bonchev–Trinajstić information content (AvgIpc) is 2.83. The van der Waals surface area contributed by atoms with Crippen molar-refractivity contribution in [3.63, 3.8) is 0 Å². The van der Waals surface area contributed by atoms with Crippen LogP contribution in [0.5, 0.6) is 0 Å². The molecular formula is C15H18Cl2N2O3. The van der Waals surface area contributed by atoms with Crippen LogP contribution in [0.3, 0.4) is 0 Å². The number of nitrogens with one attached hydrogen (secondary N) is 1. The molecule has 1 unspecified atom stereocenters. The zero-order chi connectivity index (χ0) is 16.3. The second-order valence-electron chi connectivity index (χ2n) is 5.59. The van der Waals surface area contributed by atoms with Crippen molar-refractivity contribution in [2.45, 2.75) is 31.7 Å². The van der Waals surface area contributed by atoms with Gasteiger partial charge in [-0.3, -0.25) is 14.5 Å². The number of carbonyl (C=O) groups excluding carboxylic acids is 1. The number of carboxylic acids is 1. The molecular weight excluding hydrogens is 327 g/mol. The van der Waals surface area contributed by atoms with Crippen LogP contribution >= 0.6 is 23.2 Å². The summed E-state index contributed by atoms with van der Waals surface area (Å²) in [6.07, 6.45) is 1.63. The summed E-state index contributed by atoms with van der Waals surface area (Å²) in [4.78, 5) is 25.2. The number of halogens is 2. The molecule has 0 radical (unpaired) electrons. The van der Waals surface area contributed by atoms with Crippen LogP contribution in [0, 0.1) is 0 Å². The van der Waals surface area contributed by atoms with E-state index in [0.717, 1.165) is 6.42 Å². The summed E-state index contributed by atoms with van der Waals surface area (Å²) in [6.45, 7) is 2.79. The van der Waals surface area contributed by atoms with Crippen LogP contribution in [-0.2, 0) is 9.59 Å². The molecule has 2 N–H and O–H groups in total. The van der Waals surface area contributed by atoms with E-state index in [1.54, 1.807) is 25.1 Å². The van der Waals surface area contributed by atoms with E-state index in [2.05, 4.69) is 5.32 Å². The Morgan fingerprint density at radius 2 is 2.14 bits per heavy atom. The quantitative estimate of drug-likeness (QED) is 0.859. The molecule has 0 aromatic heterocycles. The van der Waals surface area contributed by atoms with Crippen molar-refractivity contribution in [3.8, 4) is 0 Å². The van der Waals surface area contributed by atoms with Crippen molar-refractivity contribution in [3.05, 3.63) is 28.2 Å². The zero-order valence-corrected chi connectivity index (χ0v) is 13.7. The van der Waals surface area contributed by atoms with Crippen LogP contribution in [0.2, 0.25) is 10.0 Å². The first-order valence-electron chi connectivity index (χ1n) is 7.06. The minimum atomic E-state index is -0.881. The summed E-state index contributed by atoms with van der Waals surface area (Å²) >= 11 is 11.9. The Labute approximate surface area is 139 Å². The van der Waals surface area contributed by atoms with Crippen LogP contribution in [0.1, 0.15) is 26.2 Å². The number of benzene rings is 1. The molecule has 1 atom stereocenters. The maximum Gasteiger partial charge on any atom is 0.323 e. The molecule has 1 heterocycles. The van der Waals surface area contributed by atoms with Crippen molar-refractivity contribution in [2.24, 2.45) is 0 Å². The second-order valence-corrected chi connectivity index (χ2v) is 6.44. The molecule has 0 aliphatic carbocycles. The van der Waals surface area contributed by atoms with Crippen molar-refractivity contribution in [1.82, 2.24) is 4.90 Å². The lowest BCUT2D eigenvalue weighted by atomic mass is 9.99. The first-order chi connectivity index (χ1) is 10.3. The van der Waals surface area contributed by atoms with Gasteiger partial charge >= 0.3 is 5.97 Å². The van der Waals surface area contributed by atoms with Gasteiger partial charge in [-0.2, -0.15) is 0 Å². The molecule has 120 valence electrons. The number of anilines is 1. The van der Waals surface area contributed by atoms with E-state index in [-0.39, 0.29) is 12.3 Å². The topological polar surface area (TPSA) is 69.6 Å². The van der Waals surface area contributed by atoms with Crippen LogP contribution in [0.25, 0.3) is 0 Å². The van der Waals surface area contributed by atoms with Gasteiger partial charge in [-0.25, -0.2) is 0 Å². The van der Waals surface area contributed by atoms with Crippen molar-refractivity contribution in [1.29, 1.82) is 0 Å². The number of hydrogen-bond donors (Lipinski definition) is 2. The zero-order valence-electron chi connectivity index (χ0n) is 12.2. The lowest BCUT2D eigenvalue weighted by Crippen LogP contribution is -2.48. The van der Waals surface area contributed by atoms with Crippen LogP contribution in [0.4, 0.5) is 5.69 Å². The van der Waals surface area contributed by atoms with Gasteiger partial charge in [0, 0.05) is 18.0 Å². The molecule has 1 aliphatic rings. The van der Waals surface area contributed by atoms with E-state index in [0.29, 0.717) is 35.2 Å². The molecule has 1 fully saturated rings.